The van der Waals surface area contributed by atoms with Crippen molar-refractivity contribution in [2.24, 2.45) is 0 Å². The molecule has 0 saturated carbocycles. The highest BCUT2D eigenvalue weighted by molar-refractivity contribution is 5.94. The van der Waals surface area contributed by atoms with Crippen molar-refractivity contribution >= 4 is 17.3 Å². The van der Waals surface area contributed by atoms with E-state index in [4.69, 9.17) is 4.74 Å². The van der Waals surface area contributed by atoms with Gasteiger partial charge >= 0.3 is 0 Å². The van der Waals surface area contributed by atoms with Gasteiger partial charge in [0.05, 0.1) is 18.5 Å². The van der Waals surface area contributed by atoms with E-state index in [1.54, 1.807) is 7.11 Å². The SMILES string of the molecule is CCN1CCN(c2ccccc2NC(=O)CCc2ccc(OC)cc2)CC1. The summed E-state index contributed by atoms with van der Waals surface area (Å²) in [6.45, 7) is 7.41. The fourth-order valence-electron chi connectivity index (χ4n) is 3.42. The van der Waals surface area contributed by atoms with Crippen LogP contribution in [0.1, 0.15) is 18.9 Å². The molecule has 5 nitrogen and oxygen atoms in total. The van der Waals surface area contributed by atoms with Crippen LogP contribution in [0.15, 0.2) is 48.5 Å². The third-order valence-electron chi connectivity index (χ3n) is 5.14. The number of nitrogens with one attached hydrogen (secondary N) is 1. The van der Waals surface area contributed by atoms with E-state index in [0.29, 0.717) is 12.8 Å². The quantitative estimate of drug-likeness (QED) is 0.815. The summed E-state index contributed by atoms with van der Waals surface area (Å²) in [4.78, 5) is 17.3. The normalized spacial score (nSPS) is 14.8. The molecular weight excluding hydrogens is 338 g/mol. The lowest BCUT2D eigenvalue weighted by Gasteiger charge is -2.36. The minimum Gasteiger partial charge on any atom is -0.497 e. The Morgan fingerprint density at radius 3 is 2.41 bits per heavy atom. The van der Waals surface area contributed by atoms with Crippen LogP contribution in [0.25, 0.3) is 0 Å². The number of hydrogen-bond acceptors (Lipinski definition) is 4. The lowest BCUT2D eigenvalue weighted by molar-refractivity contribution is -0.116. The molecule has 0 atom stereocenters. The molecule has 1 N–H and O–H groups in total. The highest BCUT2D eigenvalue weighted by Gasteiger charge is 2.18. The van der Waals surface area contributed by atoms with Crippen molar-refractivity contribution < 1.29 is 9.53 Å². The van der Waals surface area contributed by atoms with Crippen molar-refractivity contribution in [1.29, 1.82) is 0 Å². The van der Waals surface area contributed by atoms with Crippen LogP contribution in [-0.2, 0) is 11.2 Å². The first-order valence-corrected chi connectivity index (χ1v) is 9.68. The molecule has 1 heterocycles. The van der Waals surface area contributed by atoms with Crippen LogP contribution < -0.4 is 15.0 Å². The number of nitrogens with zero attached hydrogens (tertiary/aromatic N) is 2. The number of methoxy groups -OCH3 is 1. The largest absolute Gasteiger partial charge is 0.497 e. The molecule has 0 aromatic heterocycles. The maximum atomic E-state index is 12.5. The van der Waals surface area contributed by atoms with Crippen molar-refractivity contribution in [2.45, 2.75) is 19.8 Å². The Morgan fingerprint density at radius 2 is 1.74 bits per heavy atom. The second-order valence-corrected chi connectivity index (χ2v) is 6.83. The Hall–Kier alpha value is -2.53. The average molecular weight is 367 g/mol. The zero-order valence-corrected chi connectivity index (χ0v) is 16.3. The summed E-state index contributed by atoms with van der Waals surface area (Å²) in [5.74, 6) is 0.880. The molecule has 1 aliphatic rings. The van der Waals surface area contributed by atoms with Gasteiger partial charge in [-0.3, -0.25) is 4.79 Å². The second kappa shape index (κ2) is 9.42. The van der Waals surface area contributed by atoms with Gasteiger partial charge in [-0.15, -0.1) is 0 Å². The Balaban J connectivity index is 1.57. The Bertz CT molecular complexity index is 737. The molecule has 0 aliphatic carbocycles. The first kappa shape index (κ1) is 19.2. The van der Waals surface area contributed by atoms with Crippen LogP contribution in [0.3, 0.4) is 0 Å². The number of piperazine rings is 1. The molecule has 2 aromatic carbocycles. The first-order chi connectivity index (χ1) is 13.2. The number of ether oxygens (including phenoxy) is 1. The predicted octanol–water partition coefficient (Wildman–Crippen LogP) is 3.41. The van der Waals surface area contributed by atoms with Crippen LogP contribution in [0.2, 0.25) is 0 Å². The van der Waals surface area contributed by atoms with Crippen molar-refractivity contribution in [2.75, 3.05) is 50.1 Å². The summed E-state index contributed by atoms with van der Waals surface area (Å²) in [5.41, 5.74) is 3.16. The second-order valence-electron chi connectivity index (χ2n) is 6.83. The molecule has 1 saturated heterocycles. The molecule has 0 unspecified atom stereocenters. The van der Waals surface area contributed by atoms with E-state index in [1.165, 1.54) is 0 Å². The minimum atomic E-state index is 0.0467. The highest BCUT2D eigenvalue weighted by Crippen LogP contribution is 2.27. The molecule has 1 aliphatic heterocycles. The maximum absolute atomic E-state index is 12.5. The summed E-state index contributed by atoms with van der Waals surface area (Å²) < 4.78 is 5.17. The van der Waals surface area contributed by atoms with E-state index in [-0.39, 0.29) is 5.91 Å². The van der Waals surface area contributed by atoms with Gasteiger partial charge in [0, 0.05) is 32.6 Å². The number of rotatable bonds is 7. The number of carbonyl (C=O) groups is 1. The van der Waals surface area contributed by atoms with E-state index in [2.05, 4.69) is 28.1 Å². The van der Waals surface area contributed by atoms with Crippen molar-refractivity contribution in [3.63, 3.8) is 0 Å². The number of hydrogen-bond donors (Lipinski definition) is 1. The van der Waals surface area contributed by atoms with Gasteiger partial charge in [0.15, 0.2) is 0 Å². The summed E-state index contributed by atoms with van der Waals surface area (Å²) >= 11 is 0. The van der Waals surface area contributed by atoms with Gasteiger partial charge in [-0.05, 0) is 42.8 Å². The van der Waals surface area contributed by atoms with E-state index < -0.39 is 0 Å². The van der Waals surface area contributed by atoms with Gasteiger partial charge in [-0.25, -0.2) is 0 Å². The smallest absolute Gasteiger partial charge is 0.224 e. The topological polar surface area (TPSA) is 44.8 Å². The van der Waals surface area contributed by atoms with Gasteiger partial charge in [-0.1, -0.05) is 31.2 Å². The number of anilines is 2. The van der Waals surface area contributed by atoms with Gasteiger partial charge in [0.1, 0.15) is 5.75 Å². The van der Waals surface area contributed by atoms with Crippen molar-refractivity contribution in [3.8, 4) is 5.75 Å². The van der Waals surface area contributed by atoms with Gasteiger partial charge in [-0.2, -0.15) is 0 Å². The number of carbonyl (C=O) groups excluding carboxylic acids is 1. The number of amides is 1. The summed E-state index contributed by atoms with van der Waals surface area (Å²) in [5, 5.41) is 3.11. The lowest BCUT2D eigenvalue weighted by atomic mass is 10.1. The molecule has 0 bridgehead atoms. The zero-order valence-electron chi connectivity index (χ0n) is 16.3. The zero-order chi connectivity index (χ0) is 19.1. The fourth-order valence-corrected chi connectivity index (χ4v) is 3.42. The average Bonchev–Trinajstić information content (AvgIpc) is 2.73. The molecule has 0 radical (unpaired) electrons. The van der Waals surface area contributed by atoms with Crippen LogP contribution >= 0.6 is 0 Å². The standard InChI is InChI=1S/C22H29N3O2/c1-3-24-14-16-25(17-15-24)21-7-5-4-6-20(21)23-22(26)13-10-18-8-11-19(27-2)12-9-18/h4-9,11-12H,3,10,13-17H2,1-2H3,(H,23,26). The van der Waals surface area contributed by atoms with Gasteiger partial charge in [0.2, 0.25) is 5.91 Å². The van der Waals surface area contributed by atoms with Crippen molar-refractivity contribution in [3.05, 3.63) is 54.1 Å². The third-order valence-corrected chi connectivity index (χ3v) is 5.14. The molecule has 2 aromatic rings. The Labute approximate surface area is 161 Å². The molecule has 144 valence electrons. The minimum absolute atomic E-state index is 0.0467. The van der Waals surface area contributed by atoms with Gasteiger partial charge in [0.25, 0.3) is 0 Å². The highest BCUT2D eigenvalue weighted by atomic mass is 16.5. The Kier molecular flexibility index (Phi) is 6.71. The number of para-hydroxylation sites is 2. The molecule has 3 rings (SSSR count). The van der Waals surface area contributed by atoms with Crippen molar-refractivity contribution in [1.82, 2.24) is 4.90 Å². The van der Waals surface area contributed by atoms with E-state index in [1.807, 2.05) is 42.5 Å². The fraction of sp³-hybridized carbons (Fsp3) is 0.409. The van der Waals surface area contributed by atoms with E-state index >= 15 is 0 Å². The van der Waals surface area contributed by atoms with E-state index in [0.717, 1.165) is 55.4 Å². The van der Waals surface area contributed by atoms with Crippen LogP contribution in [0.5, 0.6) is 5.75 Å². The van der Waals surface area contributed by atoms with E-state index in [9.17, 15) is 4.79 Å². The van der Waals surface area contributed by atoms with Crippen LogP contribution in [0, 0.1) is 0 Å². The lowest BCUT2D eigenvalue weighted by Crippen LogP contribution is -2.46. The monoisotopic (exact) mass is 367 g/mol. The molecular formula is C22H29N3O2. The molecule has 5 heteroatoms. The molecule has 1 fully saturated rings. The molecule has 1 amide bonds. The number of likely N-dealkylation sites (N-methyl/N-ethyl adjacent to an activating group) is 1. The molecule has 0 spiro atoms. The number of aryl methyl sites for hydroxylation is 1. The summed E-state index contributed by atoms with van der Waals surface area (Å²) in [7, 11) is 1.65. The number of benzene rings is 2. The predicted molar refractivity (Wildman–Crippen MR) is 111 cm³/mol. The first-order valence-electron chi connectivity index (χ1n) is 9.68. The van der Waals surface area contributed by atoms with Gasteiger partial charge < -0.3 is 19.9 Å². The third kappa shape index (κ3) is 5.23. The van der Waals surface area contributed by atoms with Crippen LogP contribution in [-0.4, -0.2) is 50.6 Å². The van der Waals surface area contributed by atoms with Crippen LogP contribution in [0.4, 0.5) is 11.4 Å². The molecule has 27 heavy (non-hydrogen) atoms. The summed E-state index contributed by atoms with van der Waals surface area (Å²) in [6, 6.07) is 16.0. The Morgan fingerprint density at radius 1 is 1.04 bits per heavy atom. The summed E-state index contributed by atoms with van der Waals surface area (Å²) in [6.07, 6.45) is 1.18. The maximum Gasteiger partial charge on any atom is 0.224 e.